The molecule has 120 valence electrons. The van der Waals surface area contributed by atoms with Gasteiger partial charge in [0.25, 0.3) is 11.5 Å². The number of nitrogens with zero attached hydrogens (tertiary/aromatic N) is 1. The highest BCUT2D eigenvalue weighted by Crippen LogP contribution is 2.16. The molecule has 0 unspecified atom stereocenters. The fourth-order valence-electron chi connectivity index (χ4n) is 2.41. The van der Waals surface area contributed by atoms with Gasteiger partial charge in [0.15, 0.2) is 0 Å². The molecule has 2 aromatic heterocycles. The average Bonchev–Trinajstić information content (AvgIpc) is 2.58. The number of pyridine rings is 2. The Kier molecular flexibility index (Phi) is 4.68. The van der Waals surface area contributed by atoms with Crippen LogP contribution < -0.4 is 15.6 Å². The van der Waals surface area contributed by atoms with Gasteiger partial charge in [0.1, 0.15) is 11.7 Å². The molecule has 0 radical (unpaired) electrons. The van der Waals surface area contributed by atoms with Gasteiger partial charge in [0.05, 0.1) is 19.3 Å². The van der Waals surface area contributed by atoms with E-state index in [2.05, 4.69) is 15.3 Å². The maximum absolute atomic E-state index is 12.3. The maximum atomic E-state index is 12.3. The molecule has 0 spiro atoms. The first kappa shape index (κ1) is 15.2. The Morgan fingerprint density at radius 1 is 1.35 bits per heavy atom. The minimum atomic E-state index is -0.447. The number of hydrogen-bond acceptors (Lipinski definition) is 5. The summed E-state index contributed by atoms with van der Waals surface area (Å²) < 4.78 is 11.3. The van der Waals surface area contributed by atoms with Crippen LogP contribution in [-0.2, 0) is 4.74 Å². The van der Waals surface area contributed by atoms with Crippen molar-refractivity contribution in [3.8, 4) is 5.88 Å². The smallest absolute Gasteiger partial charge is 0.260 e. The van der Waals surface area contributed by atoms with Gasteiger partial charge in [-0.1, -0.05) is 6.07 Å². The van der Waals surface area contributed by atoms with Crippen molar-refractivity contribution in [3.05, 3.63) is 58.6 Å². The third-order valence-electron chi connectivity index (χ3n) is 3.58. The number of carbonyl (C=O) groups is 1. The molecule has 2 N–H and O–H groups in total. The second-order valence-electron chi connectivity index (χ2n) is 5.18. The number of amides is 1. The number of aromatic nitrogens is 2. The molecule has 3 rings (SSSR count). The molecule has 7 nitrogen and oxygen atoms in total. The van der Waals surface area contributed by atoms with Crippen LogP contribution in [0.1, 0.15) is 16.8 Å². The normalized spacial score (nSPS) is 20.7. The third kappa shape index (κ3) is 3.75. The quantitative estimate of drug-likeness (QED) is 0.868. The summed E-state index contributed by atoms with van der Waals surface area (Å²) in [6.45, 7) is 0.879. The Bertz CT molecular complexity index is 717. The Balaban J connectivity index is 1.70. The van der Waals surface area contributed by atoms with Crippen LogP contribution in [0.3, 0.4) is 0 Å². The molecule has 1 aliphatic rings. The van der Waals surface area contributed by atoms with Gasteiger partial charge in [0.2, 0.25) is 5.88 Å². The van der Waals surface area contributed by atoms with Crippen LogP contribution in [0.4, 0.5) is 0 Å². The molecular formula is C16H17N3O4. The van der Waals surface area contributed by atoms with Crippen molar-refractivity contribution in [3.63, 3.8) is 0 Å². The van der Waals surface area contributed by atoms with Crippen LogP contribution in [0.25, 0.3) is 0 Å². The summed E-state index contributed by atoms with van der Waals surface area (Å²) >= 11 is 0. The molecule has 1 saturated heterocycles. The molecule has 1 amide bonds. The molecule has 0 aromatic carbocycles. The molecule has 23 heavy (non-hydrogen) atoms. The Morgan fingerprint density at radius 3 is 3.04 bits per heavy atom. The monoisotopic (exact) mass is 315 g/mol. The highest BCUT2D eigenvalue weighted by atomic mass is 16.5. The van der Waals surface area contributed by atoms with Gasteiger partial charge < -0.3 is 19.8 Å². The molecule has 1 aliphatic heterocycles. The molecule has 7 heteroatoms. The lowest BCUT2D eigenvalue weighted by Gasteiger charge is -2.31. The molecule has 2 aromatic rings. The van der Waals surface area contributed by atoms with Gasteiger partial charge in [-0.25, -0.2) is 4.98 Å². The topological polar surface area (TPSA) is 93.3 Å². The van der Waals surface area contributed by atoms with E-state index >= 15 is 0 Å². The lowest BCUT2D eigenvalue weighted by atomic mass is 10.1. The Labute approximate surface area is 132 Å². The SMILES string of the molecule is O=C(N[C@H]1COCC[C@@H]1Oc1ccccn1)c1ccc[nH]c1=O. The largest absolute Gasteiger partial charge is 0.472 e. The van der Waals surface area contributed by atoms with Gasteiger partial charge in [-0.3, -0.25) is 9.59 Å². The van der Waals surface area contributed by atoms with Gasteiger partial charge in [-0.15, -0.1) is 0 Å². The second-order valence-corrected chi connectivity index (χ2v) is 5.18. The van der Waals surface area contributed by atoms with Crippen LogP contribution in [0.2, 0.25) is 0 Å². The Hall–Kier alpha value is -2.67. The van der Waals surface area contributed by atoms with Gasteiger partial charge in [-0.05, 0) is 18.2 Å². The number of carbonyl (C=O) groups excluding carboxylic acids is 1. The van der Waals surface area contributed by atoms with Crippen molar-refractivity contribution < 1.29 is 14.3 Å². The molecule has 0 bridgehead atoms. The fraction of sp³-hybridized carbons (Fsp3) is 0.312. The van der Waals surface area contributed by atoms with E-state index in [0.717, 1.165) is 0 Å². The lowest BCUT2D eigenvalue weighted by molar-refractivity contribution is -0.00450. The van der Waals surface area contributed by atoms with Gasteiger partial charge in [0, 0.05) is 24.9 Å². The van der Waals surface area contributed by atoms with Gasteiger partial charge >= 0.3 is 0 Å². The van der Waals surface area contributed by atoms with E-state index in [0.29, 0.717) is 25.5 Å². The highest BCUT2D eigenvalue weighted by molar-refractivity contribution is 5.94. The van der Waals surface area contributed by atoms with E-state index in [1.807, 2.05) is 6.07 Å². The summed E-state index contributed by atoms with van der Waals surface area (Å²) in [5, 5.41) is 2.81. The minimum absolute atomic E-state index is 0.0645. The zero-order chi connectivity index (χ0) is 16.1. The first-order valence-electron chi connectivity index (χ1n) is 7.38. The number of H-pyrrole nitrogens is 1. The predicted molar refractivity (Wildman–Crippen MR) is 82.4 cm³/mol. The van der Waals surface area contributed by atoms with Crippen molar-refractivity contribution >= 4 is 5.91 Å². The summed E-state index contributed by atoms with van der Waals surface area (Å²) in [5.41, 5.74) is -0.362. The fourth-order valence-corrected chi connectivity index (χ4v) is 2.41. The third-order valence-corrected chi connectivity index (χ3v) is 3.58. The van der Waals surface area contributed by atoms with Gasteiger partial charge in [-0.2, -0.15) is 0 Å². The predicted octanol–water partition coefficient (Wildman–Crippen LogP) is 0.736. The second kappa shape index (κ2) is 7.06. The molecular weight excluding hydrogens is 298 g/mol. The molecule has 2 atom stereocenters. The number of nitrogens with one attached hydrogen (secondary N) is 2. The number of hydrogen-bond donors (Lipinski definition) is 2. The van der Waals surface area contributed by atoms with Crippen LogP contribution >= 0.6 is 0 Å². The first-order valence-corrected chi connectivity index (χ1v) is 7.38. The molecule has 1 fully saturated rings. The molecule has 3 heterocycles. The number of rotatable bonds is 4. The van der Waals surface area contributed by atoms with E-state index in [1.54, 1.807) is 24.4 Å². The zero-order valence-electron chi connectivity index (χ0n) is 12.4. The van der Waals surface area contributed by atoms with Crippen molar-refractivity contribution in [2.45, 2.75) is 18.6 Å². The van der Waals surface area contributed by atoms with E-state index < -0.39 is 11.5 Å². The van der Waals surface area contributed by atoms with Crippen LogP contribution in [0.5, 0.6) is 5.88 Å². The number of ether oxygens (including phenoxy) is 2. The summed E-state index contributed by atoms with van der Waals surface area (Å²) in [6.07, 6.45) is 3.50. The van der Waals surface area contributed by atoms with Crippen LogP contribution in [-0.4, -0.2) is 41.2 Å². The lowest BCUT2D eigenvalue weighted by Crippen LogP contribution is -2.52. The average molecular weight is 315 g/mol. The van der Waals surface area contributed by atoms with E-state index in [1.165, 1.54) is 12.3 Å². The molecule has 0 aliphatic carbocycles. The minimum Gasteiger partial charge on any atom is -0.472 e. The first-order chi connectivity index (χ1) is 11.2. The standard InChI is InChI=1S/C16H17N3O4/c20-15-11(4-3-8-18-15)16(21)19-12-10-22-9-6-13(12)23-14-5-1-2-7-17-14/h1-5,7-8,12-13H,6,9-10H2,(H,18,20)(H,19,21)/t12-,13-/m0/s1. The number of aromatic amines is 1. The summed E-state index contributed by atoms with van der Waals surface area (Å²) in [4.78, 5) is 30.6. The summed E-state index contributed by atoms with van der Waals surface area (Å²) in [6, 6.07) is 8.13. The van der Waals surface area contributed by atoms with Crippen molar-refractivity contribution in [2.24, 2.45) is 0 Å². The van der Waals surface area contributed by atoms with E-state index in [4.69, 9.17) is 9.47 Å². The van der Waals surface area contributed by atoms with Crippen LogP contribution in [0.15, 0.2) is 47.5 Å². The Morgan fingerprint density at radius 2 is 2.26 bits per heavy atom. The van der Waals surface area contributed by atoms with Crippen molar-refractivity contribution in [1.29, 1.82) is 0 Å². The summed E-state index contributed by atoms with van der Waals surface area (Å²) in [7, 11) is 0. The maximum Gasteiger partial charge on any atom is 0.260 e. The van der Waals surface area contributed by atoms with Crippen molar-refractivity contribution in [1.82, 2.24) is 15.3 Å². The van der Waals surface area contributed by atoms with E-state index in [-0.39, 0.29) is 17.7 Å². The zero-order valence-corrected chi connectivity index (χ0v) is 12.4. The molecule has 0 saturated carbocycles. The van der Waals surface area contributed by atoms with E-state index in [9.17, 15) is 9.59 Å². The van der Waals surface area contributed by atoms with Crippen molar-refractivity contribution in [2.75, 3.05) is 13.2 Å². The summed E-state index contributed by atoms with van der Waals surface area (Å²) in [5.74, 6) is 0.0492. The van der Waals surface area contributed by atoms with Crippen LogP contribution in [0, 0.1) is 0 Å². The highest BCUT2D eigenvalue weighted by Gasteiger charge is 2.30.